The number of non-ortho nitro benzene ring substituents is 2. The van der Waals surface area contributed by atoms with E-state index < -0.39 is 15.8 Å². The number of hydrogen-bond donors (Lipinski definition) is 0. The zero-order valence-electron chi connectivity index (χ0n) is 14.7. The highest BCUT2D eigenvalue weighted by Gasteiger charge is 2.12. The second-order valence-corrected chi connectivity index (χ2v) is 6.73. The molecule has 2 aromatic carbocycles. The van der Waals surface area contributed by atoms with E-state index in [0.29, 0.717) is 20.6 Å². The fourth-order valence-electron chi connectivity index (χ4n) is 2.51. The average molecular weight is 408 g/mol. The largest absolute Gasteiger partial charge is 0.305 e. The van der Waals surface area contributed by atoms with Gasteiger partial charge in [0.25, 0.3) is 17.3 Å². The van der Waals surface area contributed by atoms with Crippen molar-refractivity contribution in [1.82, 2.24) is 4.57 Å². The van der Waals surface area contributed by atoms with Crippen LogP contribution in [-0.2, 0) is 11.3 Å². The van der Waals surface area contributed by atoms with Crippen molar-refractivity contribution in [2.75, 3.05) is 0 Å². The van der Waals surface area contributed by atoms with Gasteiger partial charge in [-0.05, 0) is 29.8 Å². The zero-order valence-corrected chi connectivity index (χ0v) is 15.5. The molecule has 0 saturated carbocycles. The van der Waals surface area contributed by atoms with Gasteiger partial charge in [0.15, 0.2) is 4.80 Å². The van der Waals surface area contributed by atoms with Crippen LogP contribution in [0.2, 0.25) is 0 Å². The molecule has 0 radical (unpaired) electrons. The SMILES string of the molecule is C#CCn1c(=NC(=O)C=Cc2ccc([N+](=O)[O-])cc2)sc2cc([N+](=O)[O-])ccc21. The lowest BCUT2D eigenvalue weighted by molar-refractivity contribution is -0.385. The quantitative estimate of drug-likeness (QED) is 0.278. The number of nitro groups is 2. The Morgan fingerprint density at radius 3 is 2.41 bits per heavy atom. The maximum atomic E-state index is 12.2. The number of nitro benzene ring substituents is 2. The smallest absolute Gasteiger partial charge is 0.272 e. The maximum Gasteiger partial charge on any atom is 0.272 e. The topological polar surface area (TPSA) is 121 Å². The standard InChI is InChI=1S/C19H12N4O5S/c1-2-11-21-16-9-8-15(23(27)28)12-17(16)29-19(21)20-18(24)10-5-13-3-6-14(7-4-13)22(25)26/h1,3-10,12H,11H2. The molecule has 10 heteroatoms. The summed E-state index contributed by atoms with van der Waals surface area (Å²) in [5, 5.41) is 21.6. The molecule has 0 unspecified atom stereocenters. The third-order valence-electron chi connectivity index (χ3n) is 3.85. The Bertz CT molecular complexity index is 1260. The molecule has 29 heavy (non-hydrogen) atoms. The molecule has 0 N–H and O–H groups in total. The van der Waals surface area contributed by atoms with Crippen LogP contribution in [0, 0.1) is 32.6 Å². The van der Waals surface area contributed by atoms with Crippen LogP contribution in [0.25, 0.3) is 16.3 Å². The van der Waals surface area contributed by atoms with Crippen molar-refractivity contribution in [1.29, 1.82) is 0 Å². The number of nitrogens with zero attached hydrogens (tertiary/aromatic N) is 4. The van der Waals surface area contributed by atoms with Crippen molar-refractivity contribution in [3.63, 3.8) is 0 Å². The summed E-state index contributed by atoms with van der Waals surface area (Å²) in [6, 6.07) is 10.0. The van der Waals surface area contributed by atoms with Crippen LogP contribution in [0.15, 0.2) is 53.5 Å². The lowest BCUT2D eigenvalue weighted by Crippen LogP contribution is -2.15. The van der Waals surface area contributed by atoms with Crippen LogP contribution in [0.4, 0.5) is 11.4 Å². The first-order chi connectivity index (χ1) is 13.9. The number of aromatic nitrogens is 1. The normalized spacial score (nSPS) is 11.6. The minimum Gasteiger partial charge on any atom is -0.305 e. The lowest BCUT2D eigenvalue weighted by atomic mass is 10.2. The van der Waals surface area contributed by atoms with E-state index in [2.05, 4.69) is 10.9 Å². The van der Waals surface area contributed by atoms with Crippen LogP contribution in [0.3, 0.4) is 0 Å². The Morgan fingerprint density at radius 2 is 1.79 bits per heavy atom. The highest BCUT2D eigenvalue weighted by molar-refractivity contribution is 7.16. The molecule has 9 nitrogen and oxygen atoms in total. The van der Waals surface area contributed by atoms with E-state index in [9.17, 15) is 25.0 Å². The Balaban J connectivity index is 1.94. The lowest BCUT2D eigenvalue weighted by Gasteiger charge is -1.99. The molecule has 1 amide bonds. The van der Waals surface area contributed by atoms with E-state index in [1.54, 1.807) is 10.6 Å². The number of benzene rings is 2. The minimum atomic E-state index is -0.560. The first-order valence-corrected chi connectivity index (χ1v) is 8.93. The molecular weight excluding hydrogens is 396 g/mol. The Morgan fingerprint density at radius 1 is 1.14 bits per heavy atom. The van der Waals surface area contributed by atoms with Gasteiger partial charge in [-0.15, -0.1) is 6.42 Å². The van der Waals surface area contributed by atoms with Crippen LogP contribution in [0.5, 0.6) is 0 Å². The Kier molecular flexibility index (Phi) is 5.61. The average Bonchev–Trinajstić information content (AvgIpc) is 3.03. The molecule has 0 aliphatic carbocycles. The number of amides is 1. The van der Waals surface area contributed by atoms with Crippen molar-refractivity contribution in [3.8, 4) is 12.3 Å². The minimum absolute atomic E-state index is 0.0483. The van der Waals surface area contributed by atoms with Gasteiger partial charge < -0.3 is 4.57 Å². The van der Waals surface area contributed by atoms with E-state index in [1.165, 1.54) is 48.6 Å². The van der Waals surface area contributed by atoms with Gasteiger partial charge in [0, 0.05) is 30.3 Å². The van der Waals surface area contributed by atoms with Crippen molar-refractivity contribution < 1.29 is 14.6 Å². The molecule has 0 bridgehead atoms. The Hall–Kier alpha value is -4.10. The van der Waals surface area contributed by atoms with Crippen molar-refractivity contribution in [3.05, 3.63) is 79.1 Å². The molecule has 3 rings (SSSR count). The molecule has 0 fully saturated rings. The molecule has 1 aromatic heterocycles. The van der Waals surface area contributed by atoms with Gasteiger partial charge in [0.1, 0.15) is 0 Å². The van der Waals surface area contributed by atoms with Gasteiger partial charge in [-0.25, -0.2) is 0 Å². The second kappa shape index (κ2) is 8.28. The zero-order chi connectivity index (χ0) is 21.0. The van der Waals surface area contributed by atoms with E-state index in [-0.39, 0.29) is 17.9 Å². The summed E-state index contributed by atoms with van der Waals surface area (Å²) in [7, 11) is 0. The molecule has 0 aliphatic rings. The molecule has 1 heterocycles. The fraction of sp³-hybridized carbons (Fsp3) is 0.0526. The van der Waals surface area contributed by atoms with Gasteiger partial charge in [-0.2, -0.15) is 4.99 Å². The molecule has 3 aromatic rings. The molecule has 0 aliphatic heterocycles. The molecular formula is C19H12N4O5S. The van der Waals surface area contributed by atoms with Crippen molar-refractivity contribution in [2.45, 2.75) is 6.54 Å². The van der Waals surface area contributed by atoms with Crippen LogP contribution in [0.1, 0.15) is 5.56 Å². The summed E-state index contributed by atoms with van der Waals surface area (Å²) in [6.45, 7) is 0.149. The van der Waals surface area contributed by atoms with Crippen LogP contribution < -0.4 is 4.80 Å². The van der Waals surface area contributed by atoms with Crippen molar-refractivity contribution in [2.24, 2.45) is 4.99 Å². The summed E-state index contributed by atoms with van der Waals surface area (Å²) in [6.07, 6.45) is 8.11. The van der Waals surface area contributed by atoms with Gasteiger partial charge in [-0.3, -0.25) is 25.0 Å². The molecule has 0 spiro atoms. The van der Waals surface area contributed by atoms with Gasteiger partial charge in [-0.1, -0.05) is 17.3 Å². The number of hydrogen-bond acceptors (Lipinski definition) is 6. The predicted molar refractivity (Wildman–Crippen MR) is 108 cm³/mol. The van der Waals surface area contributed by atoms with Crippen LogP contribution >= 0.6 is 11.3 Å². The first-order valence-electron chi connectivity index (χ1n) is 8.11. The number of thiazole rings is 1. The summed E-state index contributed by atoms with van der Waals surface area (Å²) in [4.78, 5) is 37.2. The number of carbonyl (C=O) groups excluding carboxylic acids is 1. The highest BCUT2D eigenvalue weighted by atomic mass is 32.1. The van der Waals surface area contributed by atoms with Crippen LogP contribution in [-0.4, -0.2) is 20.3 Å². The van der Waals surface area contributed by atoms with E-state index in [4.69, 9.17) is 6.42 Å². The molecule has 0 atom stereocenters. The highest BCUT2D eigenvalue weighted by Crippen LogP contribution is 2.23. The van der Waals surface area contributed by atoms with E-state index in [0.717, 1.165) is 11.3 Å². The van der Waals surface area contributed by atoms with Gasteiger partial charge in [0.2, 0.25) is 0 Å². The van der Waals surface area contributed by atoms with Gasteiger partial charge >= 0.3 is 0 Å². The third-order valence-corrected chi connectivity index (χ3v) is 4.90. The summed E-state index contributed by atoms with van der Waals surface area (Å²) >= 11 is 1.12. The summed E-state index contributed by atoms with van der Waals surface area (Å²) in [5.41, 5.74) is 1.13. The maximum absolute atomic E-state index is 12.2. The van der Waals surface area contributed by atoms with E-state index >= 15 is 0 Å². The fourth-order valence-corrected chi connectivity index (χ4v) is 3.58. The summed E-state index contributed by atoms with van der Waals surface area (Å²) < 4.78 is 2.21. The summed E-state index contributed by atoms with van der Waals surface area (Å²) in [5.74, 6) is 1.92. The molecule has 0 saturated heterocycles. The van der Waals surface area contributed by atoms with Gasteiger partial charge in [0.05, 0.1) is 26.6 Å². The number of rotatable bonds is 5. The second-order valence-electron chi connectivity index (χ2n) is 5.72. The first kappa shape index (κ1) is 19.7. The van der Waals surface area contributed by atoms with Crippen molar-refractivity contribution >= 4 is 44.9 Å². The Labute approximate surface area is 167 Å². The molecule has 144 valence electrons. The van der Waals surface area contributed by atoms with E-state index in [1.807, 2.05) is 0 Å². The predicted octanol–water partition coefficient (Wildman–Crippen LogP) is 3.29. The number of fused-ring (bicyclic) bond motifs is 1. The third kappa shape index (κ3) is 4.42. The number of carbonyl (C=O) groups is 1. The number of terminal acetylenes is 1. The monoisotopic (exact) mass is 408 g/mol.